The molecule has 0 radical (unpaired) electrons. The normalized spacial score (nSPS) is 13.2. The standard InChI is InChI=1S/C11H16N2O7S/c1-8-3-4-11(10(5-8)13(15)16)20-7-9(14)6-12(2)21(17,18)19/h3-5,9,14H,6-7H2,1-2H3,(H,17,18,19)/t9-/m0/s1. The van der Waals surface area contributed by atoms with E-state index in [0.29, 0.717) is 9.87 Å². The van der Waals surface area contributed by atoms with Crippen molar-refractivity contribution in [3.63, 3.8) is 0 Å². The van der Waals surface area contributed by atoms with Crippen LogP contribution >= 0.6 is 0 Å². The lowest BCUT2D eigenvalue weighted by molar-refractivity contribution is -0.386. The van der Waals surface area contributed by atoms with Gasteiger partial charge in [0.05, 0.1) is 4.92 Å². The lowest BCUT2D eigenvalue weighted by Crippen LogP contribution is -2.36. The first-order valence-electron chi connectivity index (χ1n) is 5.86. The van der Waals surface area contributed by atoms with E-state index in [1.165, 1.54) is 12.1 Å². The van der Waals surface area contributed by atoms with Gasteiger partial charge in [-0.3, -0.25) is 14.7 Å². The van der Waals surface area contributed by atoms with E-state index in [9.17, 15) is 23.6 Å². The number of benzene rings is 1. The molecule has 1 rings (SSSR count). The molecule has 0 saturated heterocycles. The van der Waals surface area contributed by atoms with E-state index in [2.05, 4.69) is 0 Å². The number of rotatable bonds is 7. The van der Waals surface area contributed by atoms with Crippen LogP contribution in [0, 0.1) is 17.0 Å². The summed E-state index contributed by atoms with van der Waals surface area (Å²) in [6.07, 6.45) is -1.25. The summed E-state index contributed by atoms with van der Waals surface area (Å²) in [5.74, 6) is -0.0286. The molecule has 9 nitrogen and oxygen atoms in total. The lowest BCUT2D eigenvalue weighted by Gasteiger charge is -2.17. The number of nitro groups is 1. The summed E-state index contributed by atoms with van der Waals surface area (Å²) in [5, 5.41) is 20.5. The second-order valence-electron chi connectivity index (χ2n) is 4.45. The van der Waals surface area contributed by atoms with Crippen molar-refractivity contribution in [3.05, 3.63) is 33.9 Å². The second kappa shape index (κ2) is 6.80. The number of hydrogen-bond donors (Lipinski definition) is 2. The molecule has 0 aliphatic rings. The fourth-order valence-corrected chi connectivity index (χ4v) is 1.88. The molecule has 0 aromatic heterocycles. The van der Waals surface area contributed by atoms with Gasteiger partial charge in [0, 0.05) is 19.7 Å². The van der Waals surface area contributed by atoms with E-state index in [1.54, 1.807) is 13.0 Å². The molecule has 1 aromatic rings. The molecular weight excluding hydrogens is 304 g/mol. The molecule has 21 heavy (non-hydrogen) atoms. The Hall–Kier alpha value is -1.75. The van der Waals surface area contributed by atoms with Crippen molar-refractivity contribution in [2.24, 2.45) is 0 Å². The number of aryl methyl sites for hydroxylation is 1. The van der Waals surface area contributed by atoms with Gasteiger partial charge in [0.15, 0.2) is 5.75 Å². The van der Waals surface area contributed by atoms with Crippen LogP contribution in [0.2, 0.25) is 0 Å². The smallest absolute Gasteiger partial charge is 0.335 e. The Bertz CT molecular complexity index is 617. The molecule has 1 atom stereocenters. The monoisotopic (exact) mass is 320 g/mol. The van der Waals surface area contributed by atoms with Crippen molar-refractivity contribution in [2.75, 3.05) is 20.2 Å². The van der Waals surface area contributed by atoms with Crippen molar-refractivity contribution in [1.29, 1.82) is 0 Å². The molecule has 118 valence electrons. The summed E-state index contributed by atoms with van der Waals surface area (Å²) in [5.41, 5.74) is 0.436. The van der Waals surface area contributed by atoms with E-state index in [0.717, 1.165) is 7.05 Å². The molecule has 0 spiro atoms. The van der Waals surface area contributed by atoms with Crippen LogP contribution in [0.3, 0.4) is 0 Å². The molecule has 0 aliphatic carbocycles. The molecule has 0 fully saturated rings. The van der Waals surface area contributed by atoms with Crippen molar-refractivity contribution >= 4 is 16.0 Å². The van der Waals surface area contributed by atoms with E-state index in [1.807, 2.05) is 0 Å². The van der Waals surface area contributed by atoms with Gasteiger partial charge in [0.2, 0.25) is 0 Å². The van der Waals surface area contributed by atoms with E-state index in [4.69, 9.17) is 9.29 Å². The highest BCUT2D eigenvalue weighted by Crippen LogP contribution is 2.27. The van der Waals surface area contributed by atoms with Crippen LogP contribution in [-0.2, 0) is 10.3 Å². The summed E-state index contributed by atoms with van der Waals surface area (Å²) in [7, 11) is -3.32. The molecule has 2 N–H and O–H groups in total. The number of ether oxygens (including phenoxy) is 1. The van der Waals surface area contributed by atoms with Gasteiger partial charge >= 0.3 is 16.0 Å². The highest BCUT2D eigenvalue weighted by molar-refractivity contribution is 7.83. The van der Waals surface area contributed by atoms with Gasteiger partial charge in [-0.25, -0.2) is 0 Å². The van der Waals surface area contributed by atoms with Gasteiger partial charge in [-0.2, -0.15) is 12.7 Å². The summed E-state index contributed by atoms with van der Waals surface area (Å²) in [6.45, 7) is 0.926. The molecule has 10 heteroatoms. The number of hydrogen-bond acceptors (Lipinski definition) is 6. The maximum absolute atomic E-state index is 10.9. The Balaban J connectivity index is 2.69. The third-order valence-corrected chi connectivity index (χ3v) is 3.54. The van der Waals surface area contributed by atoms with Gasteiger partial charge in [0.25, 0.3) is 0 Å². The number of likely N-dealkylation sites (N-methyl/N-ethyl adjacent to an activating group) is 1. The van der Waals surface area contributed by atoms with Gasteiger partial charge in [-0.15, -0.1) is 0 Å². The first-order valence-corrected chi connectivity index (χ1v) is 7.25. The zero-order valence-corrected chi connectivity index (χ0v) is 12.3. The van der Waals surface area contributed by atoms with Crippen LogP contribution in [-0.4, -0.2) is 53.6 Å². The predicted molar refractivity (Wildman–Crippen MR) is 73.5 cm³/mol. The summed E-state index contributed by atoms with van der Waals surface area (Å²) >= 11 is 0. The van der Waals surface area contributed by atoms with Crippen LogP contribution in [0.15, 0.2) is 18.2 Å². The Labute approximate surface area is 121 Å². The topological polar surface area (TPSA) is 130 Å². The number of nitro benzene ring substituents is 1. The van der Waals surface area contributed by atoms with Crippen LogP contribution in [0.5, 0.6) is 5.75 Å². The molecule has 0 amide bonds. The SMILES string of the molecule is Cc1ccc(OC[C@@H](O)CN(C)S(=O)(=O)O)c([N+](=O)[O-])c1. The highest BCUT2D eigenvalue weighted by Gasteiger charge is 2.20. The lowest BCUT2D eigenvalue weighted by atomic mass is 10.2. The average Bonchev–Trinajstić information content (AvgIpc) is 2.35. The molecule has 0 bridgehead atoms. The first kappa shape index (κ1) is 17.3. The third kappa shape index (κ3) is 5.27. The highest BCUT2D eigenvalue weighted by atomic mass is 32.2. The minimum atomic E-state index is -4.40. The Morgan fingerprint density at radius 3 is 2.62 bits per heavy atom. The van der Waals surface area contributed by atoms with Crippen molar-refractivity contribution in [3.8, 4) is 5.75 Å². The molecule has 0 heterocycles. The van der Waals surface area contributed by atoms with Crippen LogP contribution in [0.25, 0.3) is 0 Å². The quantitative estimate of drug-likeness (QED) is 0.422. The average molecular weight is 320 g/mol. The maximum atomic E-state index is 10.9. The Morgan fingerprint density at radius 2 is 2.10 bits per heavy atom. The van der Waals surface area contributed by atoms with Crippen molar-refractivity contribution in [2.45, 2.75) is 13.0 Å². The largest absolute Gasteiger partial charge is 0.484 e. The first-order chi connectivity index (χ1) is 9.61. The van der Waals surface area contributed by atoms with E-state index < -0.39 is 27.9 Å². The van der Waals surface area contributed by atoms with E-state index >= 15 is 0 Å². The molecule has 0 unspecified atom stereocenters. The van der Waals surface area contributed by atoms with Crippen molar-refractivity contribution < 1.29 is 27.7 Å². The predicted octanol–water partition coefficient (Wildman–Crippen LogP) is 0.378. The number of aliphatic hydroxyl groups is 1. The van der Waals surface area contributed by atoms with Crippen LogP contribution in [0.4, 0.5) is 5.69 Å². The van der Waals surface area contributed by atoms with E-state index in [-0.39, 0.29) is 18.0 Å². The minimum Gasteiger partial charge on any atom is -0.484 e. The zero-order chi connectivity index (χ0) is 16.2. The molecule has 0 saturated carbocycles. The Morgan fingerprint density at radius 1 is 1.48 bits per heavy atom. The van der Waals surface area contributed by atoms with Crippen LogP contribution < -0.4 is 4.74 Å². The third-order valence-electron chi connectivity index (χ3n) is 2.60. The second-order valence-corrected chi connectivity index (χ2v) is 5.97. The number of nitrogens with zero attached hydrogens (tertiary/aromatic N) is 2. The maximum Gasteiger partial charge on any atom is 0.335 e. The zero-order valence-electron chi connectivity index (χ0n) is 11.5. The molecule has 1 aromatic carbocycles. The molecular formula is C11H16N2O7S. The fourth-order valence-electron chi connectivity index (χ4n) is 1.52. The summed E-state index contributed by atoms with van der Waals surface area (Å²) in [6, 6.07) is 4.33. The number of aliphatic hydroxyl groups excluding tert-OH is 1. The van der Waals surface area contributed by atoms with Gasteiger partial charge in [0.1, 0.15) is 12.7 Å². The van der Waals surface area contributed by atoms with Gasteiger partial charge in [-0.1, -0.05) is 6.07 Å². The molecule has 0 aliphatic heterocycles. The summed E-state index contributed by atoms with van der Waals surface area (Å²) in [4.78, 5) is 10.3. The van der Waals surface area contributed by atoms with Gasteiger partial charge < -0.3 is 9.84 Å². The Kier molecular flexibility index (Phi) is 5.61. The van der Waals surface area contributed by atoms with Gasteiger partial charge in [-0.05, 0) is 18.6 Å². The summed E-state index contributed by atoms with van der Waals surface area (Å²) < 4.78 is 35.9. The van der Waals surface area contributed by atoms with Crippen molar-refractivity contribution in [1.82, 2.24) is 4.31 Å². The van der Waals surface area contributed by atoms with Crippen LogP contribution in [0.1, 0.15) is 5.56 Å². The fraction of sp³-hybridized carbons (Fsp3) is 0.455. The minimum absolute atomic E-state index is 0.0286.